The van der Waals surface area contributed by atoms with Gasteiger partial charge in [-0.1, -0.05) is 23.5 Å². The Morgan fingerprint density at radius 1 is 1.44 bits per heavy atom. The molecule has 0 bridgehead atoms. The number of nitrogens with zero attached hydrogens (tertiary/aromatic N) is 3. The second kappa shape index (κ2) is 4.79. The van der Waals surface area contributed by atoms with E-state index in [2.05, 4.69) is 10.2 Å². The lowest BCUT2D eigenvalue weighted by atomic mass is 10.1. The molecule has 18 heavy (non-hydrogen) atoms. The maximum absolute atomic E-state index is 10.9. The summed E-state index contributed by atoms with van der Waals surface area (Å²) in [5, 5.41) is 20.2. The number of nitro groups is 1. The van der Waals surface area contributed by atoms with Crippen LogP contribution in [-0.2, 0) is 0 Å². The molecule has 94 valence electrons. The van der Waals surface area contributed by atoms with Crippen molar-refractivity contribution in [1.29, 1.82) is 0 Å². The van der Waals surface area contributed by atoms with E-state index in [1.807, 2.05) is 6.92 Å². The molecule has 1 unspecified atom stereocenters. The Kier molecular flexibility index (Phi) is 3.35. The predicted octanol–water partition coefficient (Wildman–Crippen LogP) is 2.44. The molecule has 0 saturated heterocycles. The highest BCUT2D eigenvalue weighted by Gasteiger charge is 2.15. The molecule has 0 saturated carbocycles. The van der Waals surface area contributed by atoms with Crippen LogP contribution in [-0.4, -0.2) is 15.1 Å². The van der Waals surface area contributed by atoms with Gasteiger partial charge in [-0.25, -0.2) is 0 Å². The van der Waals surface area contributed by atoms with Gasteiger partial charge >= 0.3 is 0 Å². The first-order chi connectivity index (χ1) is 8.49. The van der Waals surface area contributed by atoms with Crippen molar-refractivity contribution in [1.82, 2.24) is 10.2 Å². The lowest BCUT2D eigenvalue weighted by molar-refractivity contribution is -0.385. The molecule has 1 heterocycles. The molecule has 2 aromatic rings. The third-order valence-electron chi connectivity index (χ3n) is 2.48. The molecule has 6 nitrogen and oxygen atoms in total. The number of hydrogen-bond donors (Lipinski definition) is 1. The highest BCUT2D eigenvalue weighted by Crippen LogP contribution is 2.30. The van der Waals surface area contributed by atoms with Gasteiger partial charge in [-0.15, -0.1) is 10.2 Å². The van der Waals surface area contributed by atoms with Crippen LogP contribution in [0.5, 0.6) is 0 Å². The van der Waals surface area contributed by atoms with Crippen molar-refractivity contribution in [3.8, 4) is 10.6 Å². The average Bonchev–Trinajstić information content (AvgIpc) is 2.78. The van der Waals surface area contributed by atoms with Crippen LogP contribution in [0, 0.1) is 17.0 Å². The molecular formula is C11H12N4O2S. The highest BCUT2D eigenvalue weighted by molar-refractivity contribution is 7.14. The van der Waals surface area contributed by atoms with Gasteiger partial charge in [0.2, 0.25) is 0 Å². The lowest BCUT2D eigenvalue weighted by Gasteiger charge is -1.99. The topological polar surface area (TPSA) is 94.9 Å². The zero-order valence-electron chi connectivity index (χ0n) is 9.95. The number of rotatable bonds is 3. The van der Waals surface area contributed by atoms with E-state index in [1.54, 1.807) is 19.1 Å². The predicted molar refractivity (Wildman–Crippen MR) is 69.3 cm³/mol. The van der Waals surface area contributed by atoms with Crippen molar-refractivity contribution in [3.63, 3.8) is 0 Å². The maximum atomic E-state index is 10.9. The van der Waals surface area contributed by atoms with Crippen molar-refractivity contribution < 1.29 is 4.92 Å². The van der Waals surface area contributed by atoms with E-state index >= 15 is 0 Å². The van der Waals surface area contributed by atoms with E-state index in [0.29, 0.717) is 21.1 Å². The first-order valence-electron chi connectivity index (χ1n) is 5.33. The van der Waals surface area contributed by atoms with Crippen molar-refractivity contribution in [3.05, 3.63) is 38.9 Å². The number of aromatic nitrogens is 2. The zero-order valence-corrected chi connectivity index (χ0v) is 10.8. The Balaban J connectivity index is 2.44. The molecule has 1 aromatic heterocycles. The van der Waals surface area contributed by atoms with Gasteiger partial charge in [0.25, 0.3) is 5.69 Å². The van der Waals surface area contributed by atoms with Gasteiger partial charge in [0, 0.05) is 17.2 Å². The Bertz CT molecular complexity index is 594. The second-order valence-corrected chi connectivity index (χ2v) is 5.00. The van der Waals surface area contributed by atoms with Crippen LogP contribution in [0.2, 0.25) is 0 Å². The molecule has 2 N–H and O–H groups in total. The second-order valence-electron chi connectivity index (χ2n) is 3.99. The fourth-order valence-corrected chi connectivity index (χ4v) is 2.27. The van der Waals surface area contributed by atoms with E-state index < -0.39 is 4.92 Å². The maximum Gasteiger partial charge on any atom is 0.273 e. The summed E-state index contributed by atoms with van der Waals surface area (Å²) in [6.45, 7) is 3.53. The van der Waals surface area contributed by atoms with E-state index in [0.717, 1.165) is 0 Å². The van der Waals surface area contributed by atoms with Crippen LogP contribution in [0.25, 0.3) is 10.6 Å². The van der Waals surface area contributed by atoms with E-state index in [-0.39, 0.29) is 11.7 Å². The fourth-order valence-electron chi connectivity index (χ4n) is 1.47. The number of nitrogens with two attached hydrogens (primary N) is 1. The third kappa shape index (κ3) is 2.36. The van der Waals surface area contributed by atoms with Gasteiger partial charge in [-0.05, 0) is 13.8 Å². The minimum absolute atomic E-state index is 0.0880. The minimum Gasteiger partial charge on any atom is -0.322 e. The van der Waals surface area contributed by atoms with Crippen molar-refractivity contribution >= 4 is 17.0 Å². The first-order valence-corrected chi connectivity index (χ1v) is 6.15. The molecule has 0 aliphatic carbocycles. The summed E-state index contributed by atoms with van der Waals surface area (Å²) in [4.78, 5) is 10.5. The van der Waals surface area contributed by atoms with Crippen LogP contribution in [0.3, 0.4) is 0 Å². The zero-order chi connectivity index (χ0) is 13.3. The molecule has 0 spiro atoms. The monoisotopic (exact) mass is 264 g/mol. The van der Waals surface area contributed by atoms with Crippen LogP contribution in [0.4, 0.5) is 5.69 Å². The van der Waals surface area contributed by atoms with Gasteiger partial charge in [0.15, 0.2) is 0 Å². The molecule has 0 fully saturated rings. The molecule has 0 aliphatic heterocycles. The molecule has 7 heteroatoms. The molecule has 0 amide bonds. The summed E-state index contributed by atoms with van der Waals surface area (Å²) in [6, 6.07) is 4.84. The van der Waals surface area contributed by atoms with Gasteiger partial charge < -0.3 is 5.73 Å². The minimum atomic E-state index is -0.396. The summed E-state index contributed by atoms with van der Waals surface area (Å²) >= 11 is 1.35. The lowest BCUT2D eigenvalue weighted by Crippen LogP contribution is -2.03. The summed E-state index contributed by atoms with van der Waals surface area (Å²) in [5.41, 5.74) is 7.11. The molecule has 1 aromatic carbocycles. The number of nitro benzene ring substituents is 1. The summed E-state index contributed by atoms with van der Waals surface area (Å²) in [5.74, 6) is 0. The number of hydrogen-bond acceptors (Lipinski definition) is 6. The van der Waals surface area contributed by atoms with E-state index in [1.165, 1.54) is 17.4 Å². The van der Waals surface area contributed by atoms with Crippen LogP contribution in [0.15, 0.2) is 18.2 Å². The summed E-state index contributed by atoms with van der Waals surface area (Å²) in [7, 11) is 0. The largest absolute Gasteiger partial charge is 0.322 e. The third-order valence-corrected chi connectivity index (χ3v) is 3.66. The Hall–Kier alpha value is -1.86. The summed E-state index contributed by atoms with van der Waals surface area (Å²) in [6.07, 6.45) is 0. The average molecular weight is 264 g/mol. The Morgan fingerprint density at radius 2 is 2.17 bits per heavy atom. The van der Waals surface area contributed by atoms with Crippen molar-refractivity contribution in [2.45, 2.75) is 19.9 Å². The quantitative estimate of drug-likeness (QED) is 0.678. The van der Waals surface area contributed by atoms with Crippen LogP contribution < -0.4 is 5.73 Å². The highest BCUT2D eigenvalue weighted by atomic mass is 32.1. The smallest absolute Gasteiger partial charge is 0.273 e. The number of aryl methyl sites for hydroxylation is 1. The first kappa shape index (κ1) is 12.6. The van der Waals surface area contributed by atoms with Crippen LogP contribution >= 0.6 is 11.3 Å². The van der Waals surface area contributed by atoms with Crippen molar-refractivity contribution in [2.24, 2.45) is 5.73 Å². The number of benzene rings is 1. The van der Waals surface area contributed by atoms with Gasteiger partial charge in [0.05, 0.1) is 11.0 Å². The Labute approximate surface area is 108 Å². The molecule has 0 aliphatic rings. The van der Waals surface area contributed by atoms with Crippen LogP contribution in [0.1, 0.15) is 23.5 Å². The molecule has 0 radical (unpaired) electrons. The molecule has 2 rings (SSSR count). The van der Waals surface area contributed by atoms with Gasteiger partial charge in [0.1, 0.15) is 10.0 Å². The van der Waals surface area contributed by atoms with Crippen molar-refractivity contribution in [2.75, 3.05) is 0 Å². The van der Waals surface area contributed by atoms with E-state index in [9.17, 15) is 10.1 Å². The normalized spacial score (nSPS) is 12.4. The summed E-state index contributed by atoms with van der Waals surface area (Å²) < 4.78 is 0. The SMILES string of the molecule is Cc1ccc(-c2nnc(C(C)N)s2)cc1[N+](=O)[O-]. The van der Waals surface area contributed by atoms with Gasteiger partial charge in [-0.2, -0.15) is 0 Å². The fraction of sp³-hybridized carbons (Fsp3) is 0.273. The molecular weight excluding hydrogens is 252 g/mol. The van der Waals surface area contributed by atoms with Gasteiger partial charge in [-0.3, -0.25) is 10.1 Å². The Morgan fingerprint density at radius 3 is 2.72 bits per heavy atom. The van der Waals surface area contributed by atoms with E-state index in [4.69, 9.17) is 5.73 Å². The standard InChI is InChI=1S/C11H12N4O2S/c1-6-3-4-8(5-9(6)15(16)17)11-14-13-10(18-11)7(2)12/h3-5,7H,12H2,1-2H3. The molecule has 1 atom stereocenters.